The molecule has 1 unspecified atom stereocenters. The Kier molecular flexibility index (Phi) is 4.75. The number of hydrogen-bond acceptors (Lipinski definition) is 3. The number of benzene rings is 1. The smallest absolute Gasteiger partial charge is 0.227 e. The van der Waals surface area contributed by atoms with Crippen molar-refractivity contribution in [2.45, 2.75) is 25.8 Å². The van der Waals surface area contributed by atoms with Gasteiger partial charge in [-0.3, -0.25) is 4.79 Å². The summed E-state index contributed by atoms with van der Waals surface area (Å²) < 4.78 is 0.980. The second kappa shape index (κ2) is 7.16. The van der Waals surface area contributed by atoms with Gasteiger partial charge in [0.2, 0.25) is 5.91 Å². The van der Waals surface area contributed by atoms with Gasteiger partial charge in [-0.05, 0) is 58.5 Å². The fourth-order valence-corrected chi connectivity index (χ4v) is 4.12. The number of nitrogens with zero attached hydrogens (tertiary/aromatic N) is 3. The number of halogens is 1. The van der Waals surface area contributed by atoms with Crippen molar-refractivity contribution >= 4 is 27.7 Å². The number of carbonyl (C=O) groups excluding carboxylic acids is 1. The first-order valence-corrected chi connectivity index (χ1v) is 9.72. The third kappa shape index (κ3) is 3.56. The summed E-state index contributed by atoms with van der Waals surface area (Å²) in [5.74, 6) is 1.34. The van der Waals surface area contributed by atoms with E-state index in [1.807, 2.05) is 23.2 Å². The number of piperidine rings is 1. The number of fused-ring (bicyclic) bond motifs is 1. The monoisotopic (exact) mass is 399 g/mol. The minimum absolute atomic E-state index is 0.0736. The van der Waals surface area contributed by atoms with E-state index in [0.717, 1.165) is 55.7 Å². The molecule has 0 saturated carbocycles. The number of rotatable bonds is 2. The van der Waals surface area contributed by atoms with Crippen molar-refractivity contribution < 1.29 is 4.79 Å². The first-order valence-electron chi connectivity index (χ1n) is 8.93. The van der Waals surface area contributed by atoms with Gasteiger partial charge in [0, 0.05) is 36.8 Å². The standard InChI is InChI=1S/C20H22BrN3O/c21-18-7-8-19(22-12-18)23-10-3-6-17(14-23)20(25)24-11-9-15-4-1-2-5-16(15)13-24/h1-2,4-5,7-8,12,17H,3,6,9-11,13-14H2. The Morgan fingerprint density at radius 3 is 2.76 bits per heavy atom. The zero-order valence-corrected chi connectivity index (χ0v) is 15.8. The summed E-state index contributed by atoms with van der Waals surface area (Å²) in [6.45, 7) is 3.33. The molecule has 1 aromatic carbocycles. The van der Waals surface area contributed by atoms with E-state index in [4.69, 9.17) is 0 Å². The number of hydrogen-bond donors (Lipinski definition) is 0. The number of amides is 1. The average Bonchev–Trinajstić information content (AvgIpc) is 2.68. The summed E-state index contributed by atoms with van der Waals surface area (Å²) >= 11 is 3.43. The maximum atomic E-state index is 13.1. The molecule has 130 valence electrons. The largest absolute Gasteiger partial charge is 0.356 e. The van der Waals surface area contributed by atoms with Gasteiger partial charge < -0.3 is 9.80 Å². The molecule has 1 amide bonds. The molecule has 0 spiro atoms. The highest BCUT2D eigenvalue weighted by atomic mass is 79.9. The molecule has 1 atom stereocenters. The van der Waals surface area contributed by atoms with Crippen LogP contribution in [0.5, 0.6) is 0 Å². The molecule has 5 heteroatoms. The number of carbonyl (C=O) groups is 1. The topological polar surface area (TPSA) is 36.4 Å². The van der Waals surface area contributed by atoms with Crippen LogP contribution in [0.15, 0.2) is 47.1 Å². The second-order valence-corrected chi connectivity index (χ2v) is 7.81. The molecule has 4 rings (SSSR count). The molecule has 1 saturated heterocycles. The Bertz CT molecular complexity index is 762. The zero-order valence-electron chi connectivity index (χ0n) is 14.2. The maximum absolute atomic E-state index is 13.1. The SMILES string of the molecule is O=C(C1CCCN(c2ccc(Br)cn2)C1)N1CCc2ccccc2C1. The lowest BCUT2D eigenvalue weighted by Crippen LogP contribution is -2.46. The quantitative estimate of drug-likeness (QED) is 0.773. The van der Waals surface area contributed by atoms with Gasteiger partial charge in [-0.25, -0.2) is 4.98 Å². The van der Waals surface area contributed by atoms with Crippen LogP contribution < -0.4 is 4.90 Å². The number of pyridine rings is 1. The zero-order chi connectivity index (χ0) is 17.2. The minimum atomic E-state index is 0.0736. The normalized spacial score (nSPS) is 20.3. The van der Waals surface area contributed by atoms with E-state index >= 15 is 0 Å². The Labute approximate surface area is 157 Å². The van der Waals surface area contributed by atoms with Gasteiger partial charge in [0.25, 0.3) is 0 Å². The van der Waals surface area contributed by atoms with E-state index in [1.165, 1.54) is 11.1 Å². The first kappa shape index (κ1) is 16.6. The molecule has 1 fully saturated rings. The molecule has 25 heavy (non-hydrogen) atoms. The van der Waals surface area contributed by atoms with Gasteiger partial charge in [0.05, 0.1) is 5.92 Å². The average molecular weight is 400 g/mol. The third-order valence-corrected chi connectivity index (χ3v) is 5.72. The van der Waals surface area contributed by atoms with Crippen LogP contribution in [0, 0.1) is 5.92 Å². The van der Waals surface area contributed by atoms with Crippen molar-refractivity contribution in [1.82, 2.24) is 9.88 Å². The molecule has 2 aliphatic rings. The van der Waals surface area contributed by atoms with Gasteiger partial charge in [0.15, 0.2) is 0 Å². The summed E-state index contributed by atoms with van der Waals surface area (Å²) in [5.41, 5.74) is 2.68. The Morgan fingerprint density at radius 2 is 1.96 bits per heavy atom. The van der Waals surface area contributed by atoms with Crippen LogP contribution >= 0.6 is 15.9 Å². The van der Waals surface area contributed by atoms with Gasteiger partial charge in [-0.15, -0.1) is 0 Å². The van der Waals surface area contributed by atoms with E-state index in [2.05, 4.69) is 50.1 Å². The van der Waals surface area contributed by atoms with Crippen LogP contribution in [0.1, 0.15) is 24.0 Å². The molecule has 2 aliphatic heterocycles. The highest BCUT2D eigenvalue weighted by Gasteiger charge is 2.31. The van der Waals surface area contributed by atoms with Gasteiger partial charge >= 0.3 is 0 Å². The molecule has 0 radical (unpaired) electrons. The lowest BCUT2D eigenvalue weighted by atomic mass is 9.94. The third-order valence-electron chi connectivity index (χ3n) is 5.25. The molecular weight excluding hydrogens is 378 g/mol. The highest BCUT2D eigenvalue weighted by molar-refractivity contribution is 9.10. The van der Waals surface area contributed by atoms with Crippen molar-refractivity contribution in [3.63, 3.8) is 0 Å². The fourth-order valence-electron chi connectivity index (χ4n) is 3.88. The van der Waals surface area contributed by atoms with E-state index in [1.54, 1.807) is 0 Å². The molecule has 4 nitrogen and oxygen atoms in total. The van der Waals surface area contributed by atoms with Crippen LogP contribution in [0.2, 0.25) is 0 Å². The van der Waals surface area contributed by atoms with Crippen molar-refractivity contribution in [3.05, 3.63) is 58.2 Å². The summed E-state index contributed by atoms with van der Waals surface area (Å²) in [6.07, 6.45) is 4.80. The fraction of sp³-hybridized carbons (Fsp3) is 0.400. The van der Waals surface area contributed by atoms with Crippen LogP contribution in [-0.4, -0.2) is 35.4 Å². The maximum Gasteiger partial charge on any atom is 0.227 e. The van der Waals surface area contributed by atoms with Gasteiger partial charge in [-0.1, -0.05) is 24.3 Å². The molecule has 0 N–H and O–H groups in total. The van der Waals surface area contributed by atoms with Crippen molar-refractivity contribution in [3.8, 4) is 0 Å². The summed E-state index contributed by atoms with van der Waals surface area (Å²) in [6, 6.07) is 12.5. The lowest BCUT2D eigenvalue weighted by molar-refractivity contribution is -0.136. The van der Waals surface area contributed by atoms with Crippen molar-refractivity contribution in [2.75, 3.05) is 24.5 Å². The summed E-state index contributed by atoms with van der Waals surface area (Å²) in [4.78, 5) is 21.9. The first-order chi connectivity index (χ1) is 12.2. The Morgan fingerprint density at radius 1 is 1.12 bits per heavy atom. The second-order valence-electron chi connectivity index (χ2n) is 6.90. The van der Waals surface area contributed by atoms with E-state index in [-0.39, 0.29) is 5.92 Å². The van der Waals surface area contributed by atoms with Gasteiger partial charge in [0.1, 0.15) is 5.82 Å². The van der Waals surface area contributed by atoms with E-state index in [0.29, 0.717) is 5.91 Å². The van der Waals surface area contributed by atoms with Crippen molar-refractivity contribution in [1.29, 1.82) is 0 Å². The minimum Gasteiger partial charge on any atom is -0.356 e. The van der Waals surface area contributed by atoms with Gasteiger partial charge in [-0.2, -0.15) is 0 Å². The Hall–Kier alpha value is -1.88. The molecule has 3 heterocycles. The molecule has 0 bridgehead atoms. The number of aromatic nitrogens is 1. The predicted molar refractivity (Wildman–Crippen MR) is 102 cm³/mol. The van der Waals surface area contributed by atoms with Crippen LogP contribution in [0.4, 0.5) is 5.82 Å². The Balaban J connectivity index is 1.44. The lowest BCUT2D eigenvalue weighted by Gasteiger charge is -2.37. The molecular formula is C20H22BrN3O. The highest BCUT2D eigenvalue weighted by Crippen LogP contribution is 2.26. The van der Waals surface area contributed by atoms with Crippen LogP contribution in [-0.2, 0) is 17.8 Å². The van der Waals surface area contributed by atoms with Crippen LogP contribution in [0.3, 0.4) is 0 Å². The number of anilines is 1. The summed E-state index contributed by atoms with van der Waals surface area (Å²) in [5, 5.41) is 0. The van der Waals surface area contributed by atoms with Crippen LogP contribution in [0.25, 0.3) is 0 Å². The molecule has 1 aromatic heterocycles. The van der Waals surface area contributed by atoms with Crippen molar-refractivity contribution in [2.24, 2.45) is 5.92 Å². The molecule has 2 aromatic rings. The summed E-state index contributed by atoms with van der Waals surface area (Å²) in [7, 11) is 0. The van der Waals surface area contributed by atoms with E-state index in [9.17, 15) is 4.79 Å². The predicted octanol–water partition coefficient (Wildman–Crippen LogP) is 3.65. The molecule has 0 aliphatic carbocycles. The van der Waals surface area contributed by atoms with E-state index < -0.39 is 0 Å².